The summed E-state index contributed by atoms with van der Waals surface area (Å²) >= 11 is 1.07. The van der Waals surface area contributed by atoms with Gasteiger partial charge in [0.1, 0.15) is 28.7 Å². The predicted octanol–water partition coefficient (Wildman–Crippen LogP) is 5.43. The molecule has 12 heteroatoms. The van der Waals surface area contributed by atoms with E-state index in [0.717, 1.165) is 93.1 Å². The molecule has 2 aliphatic rings. The molecule has 8 nitrogen and oxygen atoms in total. The van der Waals surface area contributed by atoms with Gasteiger partial charge >= 0.3 is 6.18 Å². The lowest BCUT2D eigenvalue weighted by molar-refractivity contribution is -0.126. The maximum absolute atomic E-state index is 12.9. The first-order valence-corrected chi connectivity index (χ1v) is 15.4. The van der Waals surface area contributed by atoms with Gasteiger partial charge in [-0.25, -0.2) is 9.97 Å². The zero-order chi connectivity index (χ0) is 30.1. The van der Waals surface area contributed by atoms with Gasteiger partial charge in [0.25, 0.3) is 0 Å². The Kier molecular flexibility index (Phi) is 8.31. The number of aryl methyl sites for hydroxylation is 1. The van der Waals surface area contributed by atoms with E-state index in [-0.39, 0.29) is 10.9 Å². The molecule has 0 amide bonds. The maximum Gasteiger partial charge on any atom is 0.393 e. The molecule has 4 aromatic rings. The number of aromatic nitrogens is 3. The second-order valence-electron chi connectivity index (χ2n) is 11.5. The first-order valence-electron chi connectivity index (χ1n) is 14.6. The van der Waals surface area contributed by atoms with Crippen molar-refractivity contribution in [1.82, 2.24) is 29.7 Å². The number of nitriles is 1. The minimum Gasteiger partial charge on any atom is -0.386 e. The van der Waals surface area contributed by atoms with Crippen LogP contribution in [-0.4, -0.2) is 75.8 Å². The molecule has 0 unspecified atom stereocenters. The highest BCUT2D eigenvalue weighted by Crippen LogP contribution is 2.33. The van der Waals surface area contributed by atoms with Crippen LogP contribution >= 0.6 is 11.3 Å². The van der Waals surface area contributed by atoms with E-state index >= 15 is 0 Å². The Morgan fingerprint density at radius 3 is 2.67 bits per heavy atom. The van der Waals surface area contributed by atoms with Crippen molar-refractivity contribution in [2.24, 2.45) is 0 Å². The molecule has 0 radical (unpaired) electrons. The van der Waals surface area contributed by atoms with Gasteiger partial charge in [-0.3, -0.25) is 9.80 Å². The summed E-state index contributed by atoms with van der Waals surface area (Å²) in [5, 5.41) is 18.4. The molecule has 0 spiro atoms. The third-order valence-corrected chi connectivity index (χ3v) is 9.56. The molecule has 0 aliphatic carbocycles. The molecule has 2 N–H and O–H groups in total. The first kappa shape index (κ1) is 29.4. The molecule has 1 aromatic carbocycles. The van der Waals surface area contributed by atoms with Crippen molar-refractivity contribution in [2.75, 3.05) is 44.6 Å². The van der Waals surface area contributed by atoms with Crippen LogP contribution in [0.3, 0.4) is 0 Å². The quantitative estimate of drug-likeness (QED) is 0.276. The van der Waals surface area contributed by atoms with Crippen LogP contribution in [0.25, 0.3) is 21.1 Å². The van der Waals surface area contributed by atoms with Crippen LogP contribution in [0.2, 0.25) is 0 Å². The van der Waals surface area contributed by atoms with Crippen LogP contribution in [0.4, 0.5) is 19.0 Å². The Bertz CT molecular complexity index is 1680. The SMILES string of the molecule is C=C1CN(CCn2c(C#N)cc3c(C)c(CN4CCC(Nc5ncnc6sc(CC(F)(F)F)cc56)CC4)ccc32)CCN1. The fourth-order valence-corrected chi connectivity index (χ4v) is 7.26. The van der Waals surface area contributed by atoms with Crippen molar-refractivity contribution in [2.45, 2.75) is 51.5 Å². The number of thiophene rings is 1. The number of piperazine rings is 1. The second-order valence-corrected chi connectivity index (χ2v) is 12.6. The van der Waals surface area contributed by atoms with Crippen molar-refractivity contribution in [1.29, 1.82) is 5.26 Å². The van der Waals surface area contributed by atoms with Gasteiger partial charge in [-0.05, 0) is 49.1 Å². The summed E-state index contributed by atoms with van der Waals surface area (Å²) in [5.74, 6) is 0.606. The number of benzene rings is 1. The number of hydrogen-bond acceptors (Lipinski definition) is 8. The Morgan fingerprint density at radius 2 is 1.93 bits per heavy atom. The molecule has 0 atom stereocenters. The summed E-state index contributed by atoms with van der Waals surface area (Å²) in [6, 6.07) is 10.5. The molecule has 0 saturated carbocycles. The molecule has 3 aromatic heterocycles. The lowest BCUT2D eigenvalue weighted by atomic mass is 10.0. The summed E-state index contributed by atoms with van der Waals surface area (Å²) in [4.78, 5) is 14.2. The molecule has 0 bridgehead atoms. The molecular formula is C31H35F3N8S. The highest BCUT2D eigenvalue weighted by atomic mass is 32.1. The van der Waals surface area contributed by atoms with Crippen LogP contribution in [0, 0.1) is 18.3 Å². The zero-order valence-electron chi connectivity index (χ0n) is 24.2. The average Bonchev–Trinajstić information content (AvgIpc) is 3.55. The predicted molar refractivity (Wildman–Crippen MR) is 164 cm³/mol. The van der Waals surface area contributed by atoms with E-state index in [2.05, 4.69) is 66.7 Å². The van der Waals surface area contributed by atoms with E-state index in [4.69, 9.17) is 0 Å². The van der Waals surface area contributed by atoms with Crippen LogP contribution in [0.5, 0.6) is 0 Å². The number of nitrogens with zero attached hydrogens (tertiary/aromatic N) is 6. The van der Waals surface area contributed by atoms with Gasteiger partial charge < -0.3 is 15.2 Å². The van der Waals surface area contributed by atoms with Crippen molar-refractivity contribution < 1.29 is 13.2 Å². The summed E-state index contributed by atoms with van der Waals surface area (Å²) in [6.45, 7) is 13.1. The summed E-state index contributed by atoms with van der Waals surface area (Å²) in [5.41, 5.74) is 5.28. The number of anilines is 1. The molecule has 5 heterocycles. The maximum atomic E-state index is 12.9. The number of alkyl halides is 3. The van der Waals surface area contributed by atoms with Gasteiger partial charge in [0.2, 0.25) is 0 Å². The van der Waals surface area contributed by atoms with Crippen molar-refractivity contribution in [3.05, 3.63) is 64.6 Å². The smallest absolute Gasteiger partial charge is 0.386 e. The number of likely N-dealkylation sites (tertiary alicyclic amines) is 1. The van der Waals surface area contributed by atoms with Gasteiger partial charge in [-0.15, -0.1) is 11.3 Å². The van der Waals surface area contributed by atoms with E-state index in [9.17, 15) is 18.4 Å². The Labute approximate surface area is 252 Å². The van der Waals surface area contributed by atoms with Gasteiger partial charge in [-0.1, -0.05) is 12.6 Å². The molecule has 2 aliphatic heterocycles. The van der Waals surface area contributed by atoms with E-state index in [1.165, 1.54) is 17.5 Å². The molecule has 226 valence electrons. The second kappa shape index (κ2) is 12.1. The highest BCUT2D eigenvalue weighted by molar-refractivity contribution is 7.18. The average molecular weight is 609 g/mol. The number of halogens is 3. The van der Waals surface area contributed by atoms with Gasteiger partial charge in [-0.2, -0.15) is 18.4 Å². The first-order chi connectivity index (χ1) is 20.7. The topological polar surface area (TPSA) is 85.0 Å². The largest absolute Gasteiger partial charge is 0.393 e. The third-order valence-electron chi connectivity index (χ3n) is 8.52. The molecule has 2 saturated heterocycles. The van der Waals surface area contributed by atoms with Crippen molar-refractivity contribution in [3.8, 4) is 6.07 Å². The van der Waals surface area contributed by atoms with E-state index in [0.29, 0.717) is 21.7 Å². The molecule has 43 heavy (non-hydrogen) atoms. The van der Waals surface area contributed by atoms with E-state index in [1.54, 1.807) is 6.07 Å². The minimum absolute atomic E-state index is 0.184. The van der Waals surface area contributed by atoms with Gasteiger partial charge in [0.05, 0.1) is 11.8 Å². The third kappa shape index (κ3) is 6.64. The number of hydrogen-bond donors (Lipinski definition) is 2. The molecule has 6 rings (SSSR count). The lowest BCUT2D eigenvalue weighted by Crippen LogP contribution is -2.42. The van der Waals surface area contributed by atoms with Crippen molar-refractivity contribution in [3.63, 3.8) is 0 Å². The normalized spacial score (nSPS) is 17.4. The van der Waals surface area contributed by atoms with Crippen LogP contribution in [0.1, 0.15) is 34.5 Å². The fraction of sp³-hybridized carbons (Fsp3) is 0.452. The van der Waals surface area contributed by atoms with Crippen LogP contribution < -0.4 is 10.6 Å². The Balaban J connectivity index is 1.09. The Morgan fingerprint density at radius 1 is 1.12 bits per heavy atom. The summed E-state index contributed by atoms with van der Waals surface area (Å²) in [7, 11) is 0. The number of fused-ring (bicyclic) bond motifs is 2. The number of rotatable bonds is 8. The minimum atomic E-state index is -4.25. The highest BCUT2D eigenvalue weighted by Gasteiger charge is 2.29. The van der Waals surface area contributed by atoms with Crippen LogP contribution in [-0.2, 0) is 19.5 Å². The van der Waals surface area contributed by atoms with Gasteiger partial charge in [0, 0.05) is 79.9 Å². The van der Waals surface area contributed by atoms with E-state index < -0.39 is 12.6 Å². The van der Waals surface area contributed by atoms with E-state index in [1.807, 2.05) is 6.07 Å². The summed E-state index contributed by atoms with van der Waals surface area (Å²) in [6.07, 6.45) is -1.98. The lowest BCUT2D eigenvalue weighted by Gasteiger charge is -2.33. The standard InChI is InChI=1S/C31H35F3N8S/c1-20-17-41(10-7-36-20)11-12-42-24(16-35)13-26-21(2)22(3-4-28(26)42)18-40-8-5-23(6-9-40)39-29-27-14-25(15-31(32,33)34)43-30(27)38-19-37-29/h3-4,13-14,19,23,36H,1,5-12,15,17-18H2,2H3,(H,37,38,39). The zero-order valence-corrected chi connectivity index (χ0v) is 25.0. The van der Waals surface area contributed by atoms with Gasteiger partial charge in [0.15, 0.2) is 0 Å². The number of nitrogens with one attached hydrogen (secondary N) is 2. The molecule has 2 fully saturated rings. The van der Waals surface area contributed by atoms with Crippen molar-refractivity contribution >= 4 is 38.3 Å². The number of piperidine rings is 1. The Hall–Kier alpha value is -3.66. The fourth-order valence-electron chi connectivity index (χ4n) is 6.23. The summed E-state index contributed by atoms with van der Waals surface area (Å²) < 4.78 is 40.9. The van der Waals surface area contributed by atoms with Crippen LogP contribution in [0.15, 0.2) is 42.9 Å². The molecular weight excluding hydrogens is 573 g/mol. The monoisotopic (exact) mass is 608 g/mol.